The van der Waals surface area contributed by atoms with E-state index in [0.717, 1.165) is 17.1 Å². The van der Waals surface area contributed by atoms with Gasteiger partial charge in [0, 0.05) is 33.2 Å². The summed E-state index contributed by atoms with van der Waals surface area (Å²) in [5.41, 5.74) is 14.1. The molecule has 0 aliphatic heterocycles. The van der Waals surface area contributed by atoms with Gasteiger partial charge in [0.1, 0.15) is 0 Å². The molecule has 12 rings (SSSR count). The number of anilines is 3. The number of hydrogen-bond donors (Lipinski definition) is 0. The molecular weight excluding hydrogens is 749 g/mol. The Kier molecular flexibility index (Phi) is 8.53. The van der Waals surface area contributed by atoms with Crippen LogP contribution in [-0.2, 0) is 0 Å². The van der Waals surface area contributed by atoms with Crippen LogP contribution in [0.1, 0.15) is 0 Å². The van der Waals surface area contributed by atoms with Crippen molar-refractivity contribution in [3.8, 4) is 39.1 Å². The summed E-state index contributed by atoms with van der Waals surface area (Å²) in [7, 11) is 0. The Hall–Kier alpha value is -8.20. The van der Waals surface area contributed by atoms with E-state index in [9.17, 15) is 0 Å². The molecule has 0 bridgehead atoms. The fourth-order valence-electron chi connectivity index (χ4n) is 9.49. The highest BCUT2D eigenvalue weighted by atomic mass is 15.1. The first-order valence-corrected chi connectivity index (χ1v) is 21.3. The van der Waals surface area contributed by atoms with Crippen molar-refractivity contribution in [3.05, 3.63) is 243 Å². The molecule has 11 aromatic carbocycles. The minimum Gasteiger partial charge on any atom is -0.310 e. The average Bonchev–Trinajstić information content (AvgIpc) is 3.68. The van der Waals surface area contributed by atoms with Crippen molar-refractivity contribution in [2.75, 3.05) is 4.90 Å². The summed E-state index contributed by atoms with van der Waals surface area (Å²) in [5.74, 6) is 0. The van der Waals surface area contributed by atoms with Crippen molar-refractivity contribution in [1.29, 1.82) is 0 Å². The molecule has 0 unspecified atom stereocenters. The molecule has 0 aliphatic carbocycles. The van der Waals surface area contributed by atoms with Crippen molar-refractivity contribution in [2.24, 2.45) is 0 Å². The van der Waals surface area contributed by atoms with Crippen LogP contribution in [0.25, 0.3) is 93.2 Å². The number of benzene rings is 11. The maximum Gasteiger partial charge on any atom is 0.0546 e. The van der Waals surface area contributed by atoms with E-state index in [1.54, 1.807) is 0 Å². The van der Waals surface area contributed by atoms with Gasteiger partial charge in [-0.3, -0.25) is 0 Å². The molecule has 0 aliphatic rings. The Labute approximate surface area is 360 Å². The number of nitrogens with zero attached hydrogens (tertiary/aromatic N) is 2. The van der Waals surface area contributed by atoms with Gasteiger partial charge in [0.2, 0.25) is 0 Å². The van der Waals surface area contributed by atoms with E-state index >= 15 is 0 Å². The van der Waals surface area contributed by atoms with Crippen LogP contribution < -0.4 is 4.90 Å². The lowest BCUT2D eigenvalue weighted by Crippen LogP contribution is -2.10. The number of fused-ring (bicyclic) bond motifs is 7. The highest BCUT2D eigenvalue weighted by Gasteiger charge is 2.19. The van der Waals surface area contributed by atoms with Gasteiger partial charge in [-0.1, -0.05) is 182 Å². The number of para-hydroxylation sites is 1. The van der Waals surface area contributed by atoms with E-state index in [1.165, 1.54) is 93.2 Å². The molecule has 62 heavy (non-hydrogen) atoms. The van der Waals surface area contributed by atoms with Crippen LogP contribution >= 0.6 is 0 Å². The van der Waals surface area contributed by atoms with Crippen LogP contribution in [0.5, 0.6) is 0 Å². The van der Waals surface area contributed by atoms with Crippen LogP contribution in [0, 0.1) is 0 Å². The third kappa shape index (κ3) is 6.12. The Balaban J connectivity index is 0.951. The molecule has 1 aromatic heterocycles. The van der Waals surface area contributed by atoms with Crippen molar-refractivity contribution in [2.45, 2.75) is 0 Å². The highest BCUT2D eigenvalue weighted by Crippen LogP contribution is 2.43. The van der Waals surface area contributed by atoms with Crippen molar-refractivity contribution in [3.63, 3.8) is 0 Å². The maximum absolute atomic E-state index is 2.42. The minimum absolute atomic E-state index is 1.10. The van der Waals surface area contributed by atoms with Gasteiger partial charge in [0.25, 0.3) is 0 Å². The second-order valence-electron chi connectivity index (χ2n) is 16.2. The van der Waals surface area contributed by atoms with Crippen LogP contribution in [0.4, 0.5) is 17.1 Å². The van der Waals surface area contributed by atoms with Crippen LogP contribution in [-0.4, -0.2) is 4.57 Å². The number of rotatable bonds is 7. The molecule has 2 nitrogen and oxygen atoms in total. The summed E-state index contributed by atoms with van der Waals surface area (Å²) in [5, 5.41) is 9.91. The van der Waals surface area contributed by atoms with Gasteiger partial charge in [-0.2, -0.15) is 0 Å². The smallest absolute Gasteiger partial charge is 0.0546 e. The molecule has 12 aromatic rings. The first-order chi connectivity index (χ1) is 30.7. The van der Waals surface area contributed by atoms with Gasteiger partial charge >= 0.3 is 0 Å². The molecule has 0 spiro atoms. The van der Waals surface area contributed by atoms with Gasteiger partial charge < -0.3 is 9.47 Å². The summed E-state index contributed by atoms with van der Waals surface area (Å²) in [6.07, 6.45) is 0. The number of hydrogen-bond acceptors (Lipinski definition) is 1. The summed E-state index contributed by atoms with van der Waals surface area (Å²) in [6, 6.07) is 88.5. The molecule has 0 N–H and O–H groups in total. The van der Waals surface area contributed by atoms with Crippen molar-refractivity contribution in [1.82, 2.24) is 4.57 Å². The van der Waals surface area contributed by atoms with E-state index in [1.807, 2.05) is 0 Å². The van der Waals surface area contributed by atoms with Gasteiger partial charge in [-0.15, -0.1) is 0 Å². The van der Waals surface area contributed by atoms with Crippen molar-refractivity contribution >= 4 is 71.2 Å². The van der Waals surface area contributed by atoms with Gasteiger partial charge in [-0.25, -0.2) is 0 Å². The zero-order chi connectivity index (χ0) is 41.0. The fraction of sp³-hybridized carbons (Fsp3) is 0. The Bertz CT molecular complexity index is 3600. The third-order valence-corrected chi connectivity index (χ3v) is 12.6. The molecular formula is C60H40N2. The maximum atomic E-state index is 2.42. The molecule has 0 fully saturated rings. The van der Waals surface area contributed by atoms with E-state index in [-0.39, 0.29) is 0 Å². The van der Waals surface area contributed by atoms with Crippen LogP contribution in [0.3, 0.4) is 0 Å². The average molecular weight is 789 g/mol. The lowest BCUT2D eigenvalue weighted by Gasteiger charge is -2.28. The highest BCUT2D eigenvalue weighted by molar-refractivity contribution is 6.15. The molecule has 0 atom stereocenters. The molecule has 1 heterocycles. The first kappa shape index (κ1) is 35.7. The van der Waals surface area contributed by atoms with E-state index in [0.29, 0.717) is 0 Å². The van der Waals surface area contributed by atoms with Crippen LogP contribution in [0.2, 0.25) is 0 Å². The Morgan fingerprint density at radius 3 is 1.50 bits per heavy atom. The monoisotopic (exact) mass is 788 g/mol. The lowest BCUT2D eigenvalue weighted by molar-refractivity contribution is 1.19. The quantitative estimate of drug-likeness (QED) is 0.146. The standard InChI is InChI=1S/C60H40N2/c1-2-11-41(12-3-1)43-21-23-44(24-22-43)45-27-33-51(34-28-45)61(59-20-10-16-48-26-25-47-14-6-7-17-54(47)60(48)59)52-35-29-46(30-36-52)50-32-38-58-56(40-50)55-18-8-9-19-57(55)62(58)53-37-31-42-13-4-5-15-49(42)39-53/h1-40H. The normalized spacial score (nSPS) is 11.5. The lowest BCUT2D eigenvalue weighted by atomic mass is 9.98. The summed E-state index contributed by atoms with van der Waals surface area (Å²) in [6.45, 7) is 0. The van der Waals surface area contributed by atoms with E-state index < -0.39 is 0 Å². The summed E-state index contributed by atoms with van der Waals surface area (Å²) in [4.78, 5) is 2.42. The van der Waals surface area contributed by atoms with E-state index in [2.05, 4.69) is 252 Å². The molecule has 2 heteroatoms. The van der Waals surface area contributed by atoms with Crippen molar-refractivity contribution < 1.29 is 0 Å². The van der Waals surface area contributed by atoms with Gasteiger partial charge in [-0.05, 0) is 121 Å². The summed E-state index contributed by atoms with van der Waals surface area (Å²) >= 11 is 0. The zero-order valence-electron chi connectivity index (χ0n) is 34.0. The zero-order valence-corrected chi connectivity index (χ0v) is 34.0. The SMILES string of the molecule is c1ccc(-c2ccc(-c3ccc(N(c4ccc(-c5ccc6c(c5)c5ccccc5n6-c5ccc6ccccc6c5)cc4)c4cccc5ccc6ccccc6c45)cc3)cc2)cc1. The number of aromatic nitrogens is 1. The molecule has 0 saturated heterocycles. The summed E-state index contributed by atoms with van der Waals surface area (Å²) < 4.78 is 2.40. The largest absolute Gasteiger partial charge is 0.310 e. The predicted molar refractivity (Wildman–Crippen MR) is 264 cm³/mol. The van der Waals surface area contributed by atoms with Gasteiger partial charge in [0.05, 0.1) is 16.7 Å². The first-order valence-electron chi connectivity index (χ1n) is 21.3. The predicted octanol–water partition coefficient (Wildman–Crippen LogP) is 16.7. The second kappa shape index (κ2) is 14.8. The molecule has 0 saturated carbocycles. The van der Waals surface area contributed by atoms with Crippen LogP contribution in [0.15, 0.2) is 243 Å². The topological polar surface area (TPSA) is 8.17 Å². The van der Waals surface area contributed by atoms with Gasteiger partial charge in [0.15, 0.2) is 0 Å². The Morgan fingerprint density at radius 2 is 0.774 bits per heavy atom. The fourth-order valence-corrected chi connectivity index (χ4v) is 9.49. The molecule has 290 valence electrons. The molecule has 0 amide bonds. The Morgan fingerprint density at radius 1 is 0.274 bits per heavy atom. The van der Waals surface area contributed by atoms with E-state index in [4.69, 9.17) is 0 Å². The molecule has 0 radical (unpaired) electrons. The third-order valence-electron chi connectivity index (χ3n) is 12.6. The minimum atomic E-state index is 1.10. The second-order valence-corrected chi connectivity index (χ2v) is 16.2.